The van der Waals surface area contributed by atoms with Crippen LogP contribution in [0.4, 0.5) is 16.2 Å². The molecule has 206 valence electrons. The molecule has 3 atom stereocenters. The number of carboxylic acids is 2. The fourth-order valence-corrected chi connectivity index (χ4v) is 3.82. The molecule has 0 saturated carbocycles. The molecule has 3 aromatic heterocycles. The Hall–Kier alpha value is -4.81. The molecule has 0 amide bonds. The van der Waals surface area contributed by atoms with Crippen LogP contribution in [-0.4, -0.2) is 98.9 Å². The average molecular weight is 546 g/mol. The van der Waals surface area contributed by atoms with E-state index in [9.17, 15) is 24.9 Å². The lowest BCUT2D eigenvalue weighted by Crippen LogP contribution is -2.53. The lowest BCUT2D eigenvalue weighted by molar-refractivity contribution is -0.192. The van der Waals surface area contributed by atoms with Crippen molar-refractivity contribution in [3.05, 3.63) is 36.2 Å². The Morgan fingerprint density at radius 2 is 1.97 bits per heavy atom. The first-order chi connectivity index (χ1) is 18.6. The molecule has 0 unspecified atom stereocenters. The number of anilines is 2. The number of nitrogen functional groups attached to an aromatic ring is 2. The molecular formula is C21H23FN10O7. The second-order valence-electron chi connectivity index (χ2n) is 8.30. The third kappa shape index (κ3) is 5.28. The Bertz CT molecular complexity index is 1470. The van der Waals surface area contributed by atoms with Crippen molar-refractivity contribution in [3.63, 3.8) is 0 Å². The molecule has 39 heavy (non-hydrogen) atoms. The van der Waals surface area contributed by atoms with Crippen molar-refractivity contribution >= 4 is 34.9 Å². The van der Waals surface area contributed by atoms with Crippen LogP contribution in [0.15, 0.2) is 30.6 Å². The number of methoxy groups -OCH3 is 1. The number of H-pyrrole nitrogens is 1. The van der Waals surface area contributed by atoms with Crippen LogP contribution < -0.4 is 11.5 Å². The van der Waals surface area contributed by atoms with E-state index in [2.05, 4.69) is 35.6 Å². The van der Waals surface area contributed by atoms with E-state index in [0.717, 1.165) is 18.0 Å². The second-order valence-corrected chi connectivity index (χ2v) is 8.30. The smallest absolute Gasteiger partial charge is 0.348 e. The number of alkyl halides is 1. The lowest BCUT2D eigenvalue weighted by atomic mass is 9.93. The van der Waals surface area contributed by atoms with Crippen molar-refractivity contribution in [2.75, 3.05) is 25.2 Å². The van der Waals surface area contributed by atoms with Crippen molar-refractivity contribution in [1.82, 2.24) is 40.1 Å². The fourth-order valence-electron chi connectivity index (χ4n) is 3.82. The SMILES string of the molecule is CO[C@H](COC(Cc1cccc(-c2nnn[nH]2)c1)(C(=O)O)C(=O)O)[C@@H](O)[C@H](F)n1cnc2c(N)nc(N)nc21. The van der Waals surface area contributed by atoms with Crippen LogP contribution in [0.25, 0.3) is 22.6 Å². The molecule has 0 aliphatic rings. The molecule has 8 N–H and O–H groups in total. The van der Waals surface area contributed by atoms with E-state index in [1.54, 1.807) is 12.1 Å². The summed E-state index contributed by atoms with van der Waals surface area (Å²) in [6.45, 7) is -0.825. The predicted octanol–water partition coefficient (Wildman–Crippen LogP) is -0.818. The van der Waals surface area contributed by atoms with Crippen LogP contribution >= 0.6 is 0 Å². The van der Waals surface area contributed by atoms with Crippen LogP contribution in [0.1, 0.15) is 11.9 Å². The summed E-state index contributed by atoms with van der Waals surface area (Å²) in [5, 5.41) is 43.7. The summed E-state index contributed by atoms with van der Waals surface area (Å²) in [5.74, 6) is -3.75. The van der Waals surface area contributed by atoms with Gasteiger partial charge in [0.15, 0.2) is 17.3 Å². The first kappa shape index (κ1) is 27.2. The van der Waals surface area contributed by atoms with Crippen molar-refractivity contribution in [1.29, 1.82) is 0 Å². The summed E-state index contributed by atoms with van der Waals surface area (Å²) in [6.07, 6.45) is -5.41. The highest BCUT2D eigenvalue weighted by Gasteiger charge is 2.49. The topological polar surface area (TPSA) is 263 Å². The number of fused-ring (bicyclic) bond motifs is 1. The molecule has 1 aromatic carbocycles. The number of imidazole rings is 1. The van der Waals surface area contributed by atoms with Crippen LogP contribution in [0.3, 0.4) is 0 Å². The summed E-state index contributed by atoms with van der Waals surface area (Å²) in [5.41, 5.74) is 9.11. The number of rotatable bonds is 12. The van der Waals surface area contributed by atoms with Gasteiger partial charge >= 0.3 is 11.9 Å². The zero-order chi connectivity index (χ0) is 28.3. The molecule has 0 fully saturated rings. The molecule has 3 heterocycles. The minimum absolute atomic E-state index is 0.0309. The number of hydrogen-bond donors (Lipinski definition) is 6. The van der Waals surface area contributed by atoms with Gasteiger partial charge in [-0.3, -0.25) is 4.57 Å². The highest BCUT2D eigenvalue weighted by atomic mass is 19.1. The molecule has 17 nitrogen and oxygen atoms in total. The van der Waals surface area contributed by atoms with Crippen LogP contribution in [0.2, 0.25) is 0 Å². The van der Waals surface area contributed by atoms with Crippen LogP contribution in [0, 0.1) is 0 Å². The quantitative estimate of drug-likeness (QED) is 0.119. The van der Waals surface area contributed by atoms with Gasteiger partial charge in [0, 0.05) is 19.1 Å². The molecule has 0 saturated heterocycles. The summed E-state index contributed by atoms with van der Waals surface area (Å²) in [6, 6.07) is 6.15. The van der Waals surface area contributed by atoms with Crippen molar-refractivity contribution in [2.24, 2.45) is 0 Å². The minimum Gasteiger partial charge on any atom is -0.479 e. The summed E-state index contributed by atoms with van der Waals surface area (Å²) in [4.78, 5) is 36.0. The number of ether oxygens (including phenoxy) is 2. The summed E-state index contributed by atoms with van der Waals surface area (Å²) < 4.78 is 26.7. The Balaban J connectivity index is 1.57. The molecule has 0 aliphatic carbocycles. The minimum atomic E-state index is -2.82. The largest absolute Gasteiger partial charge is 0.479 e. The number of tetrazole rings is 1. The van der Waals surface area contributed by atoms with E-state index in [1.165, 1.54) is 12.1 Å². The number of nitrogens with one attached hydrogen (secondary N) is 1. The number of halogens is 1. The van der Waals surface area contributed by atoms with Gasteiger partial charge in [-0.1, -0.05) is 18.2 Å². The van der Waals surface area contributed by atoms with Crippen molar-refractivity contribution in [3.8, 4) is 11.4 Å². The van der Waals surface area contributed by atoms with Gasteiger partial charge in [-0.05, 0) is 22.1 Å². The average Bonchev–Trinajstić information content (AvgIpc) is 3.58. The van der Waals surface area contributed by atoms with E-state index < -0.39 is 49.1 Å². The van der Waals surface area contributed by atoms with Crippen molar-refractivity contribution < 1.29 is 38.8 Å². The van der Waals surface area contributed by atoms with Gasteiger partial charge in [-0.2, -0.15) is 9.97 Å². The highest BCUT2D eigenvalue weighted by Crippen LogP contribution is 2.27. The normalized spacial score (nSPS) is 14.2. The first-order valence-corrected chi connectivity index (χ1v) is 11.1. The Labute approximate surface area is 217 Å². The molecule has 4 rings (SSSR count). The Morgan fingerprint density at radius 3 is 2.62 bits per heavy atom. The number of carboxylic acid groups (broad SMARTS) is 2. The standard InChI is InChI=1S/C21H23FN10O7/c1-38-11(13(33)14(22)32-8-25-12-15(23)26-20(24)27-17(12)32)7-39-21(18(34)35,19(36)37)6-9-3-2-4-10(5-9)16-28-30-31-29-16/h2-5,8,11,13-14,33H,6-7H2,1H3,(H,34,35)(H,36,37)(H4,23,24,26,27)(H,28,29,30,31)/t11-,13-,14-/m1/s1. The second kappa shape index (κ2) is 10.9. The zero-order valence-electron chi connectivity index (χ0n) is 20.2. The number of carbonyl (C=O) groups is 2. The molecule has 0 aliphatic heterocycles. The maximum Gasteiger partial charge on any atom is 0.348 e. The number of aromatic amines is 1. The number of aromatic nitrogens is 8. The third-order valence-corrected chi connectivity index (χ3v) is 5.88. The van der Waals surface area contributed by atoms with Gasteiger partial charge in [0.25, 0.3) is 5.60 Å². The predicted molar refractivity (Wildman–Crippen MR) is 128 cm³/mol. The van der Waals surface area contributed by atoms with E-state index in [-0.39, 0.29) is 34.3 Å². The zero-order valence-corrected chi connectivity index (χ0v) is 20.2. The van der Waals surface area contributed by atoms with Crippen LogP contribution in [0.5, 0.6) is 0 Å². The maximum absolute atomic E-state index is 15.4. The monoisotopic (exact) mass is 546 g/mol. The number of nitrogens with zero attached hydrogens (tertiary/aromatic N) is 7. The van der Waals surface area contributed by atoms with E-state index in [1.807, 2.05) is 0 Å². The van der Waals surface area contributed by atoms with Gasteiger partial charge in [-0.25, -0.2) is 24.1 Å². The van der Waals surface area contributed by atoms with Gasteiger partial charge in [0.2, 0.25) is 12.2 Å². The van der Waals surface area contributed by atoms with Gasteiger partial charge < -0.3 is 36.3 Å². The highest BCUT2D eigenvalue weighted by molar-refractivity contribution is 6.02. The molecule has 4 aromatic rings. The van der Waals surface area contributed by atoms with Gasteiger partial charge in [-0.15, -0.1) is 5.10 Å². The third-order valence-electron chi connectivity index (χ3n) is 5.88. The van der Waals surface area contributed by atoms with Crippen molar-refractivity contribution in [2.45, 2.75) is 30.5 Å². The molecule has 18 heteroatoms. The number of aliphatic hydroxyl groups excluding tert-OH is 1. The molecule has 0 spiro atoms. The van der Waals surface area contributed by atoms with Gasteiger partial charge in [0.05, 0.1) is 12.9 Å². The summed E-state index contributed by atoms with van der Waals surface area (Å²) in [7, 11) is 1.10. The molecule has 0 bridgehead atoms. The maximum atomic E-state index is 15.4. The number of hydrogen-bond acceptors (Lipinski definition) is 13. The summed E-state index contributed by atoms with van der Waals surface area (Å²) >= 11 is 0. The fraction of sp³-hybridized carbons (Fsp3) is 0.333. The van der Waals surface area contributed by atoms with Crippen LogP contribution in [-0.2, 0) is 25.5 Å². The lowest BCUT2D eigenvalue weighted by Gasteiger charge is -2.30. The number of nitrogens with two attached hydrogens (primary N) is 2. The van der Waals surface area contributed by atoms with E-state index in [0.29, 0.717) is 5.56 Å². The number of aliphatic hydroxyl groups is 1. The number of aliphatic carboxylic acids is 2. The first-order valence-electron chi connectivity index (χ1n) is 11.1. The molecular weight excluding hydrogens is 523 g/mol. The Morgan fingerprint density at radius 1 is 1.23 bits per heavy atom. The van der Waals surface area contributed by atoms with Gasteiger partial charge in [0.1, 0.15) is 17.7 Å². The molecule has 0 radical (unpaired) electrons. The van der Waals surface area contributed by atoms with E-state index >= 15 is 4.39 Å². The number of benzene rings is 1. The van der Waals surface area contributed by atoms with E-state index in [4.69, 9.17) is 20.9 Å². The Kier molecular flexibility index (Phi) is 7.61.